The fourth-order valence-electron chi connectivity index (χ4n) is 3.42. The Morgan fingerprint density at radius 3 is 2.75 bits per heavy atom. The van der Waals surface area contributed by atoms with E-state index in [-0.39, 0.29) is 0 Å². The second-order valence-electron chi connectivity index (χ2n) is 6.60. The molecule has 0 atom stereocenters. The standard InChI is InChI=1S/C16H20BrN7/c1-23(2)12-5-3-11(4-6-12)20-16-18-8-10-7-13(17)15-22-19-9-24(15)14(10)21-16/h7-9,11-12H,3-6H2,1-2H3,(H,18,20,21). The minimum absolute atomic E-state index is 0.436. The molecule has 3 heterocycles. The molecule has 3 aromatic heterocycles. The van der Waals surface area contributed by atoms with Crippen LogP contribution in [-0.2, 0) is 0 Å². The predicted molar refractivity (Wildman–Crippen MR) is 97.1 cm³/mol. The van der Waals surface area contributed by atoms with Gasteiger partial charge in [0.25, 0.3) is 0 Å². The summed E-state index contributed by atoms with van der Waals surface area (Å²) < 4.78 is 2.77. The van der Waals surface area contributed by atoms with Gasteiger partial charge in [-0.3, -0.25) is 4.40 Å². The van der Waals surface area contributed by atoms with Gasteiger partial charge in [-0.1, -0.05) is 0 Å². The highest BCUT2D eigenvalue weighted by Crippen LogP contribution is 2.25. The van der Waals surface area contributed by atoms with E-state index in [2.05, 4.69) is 55.4 Å². The molecule has 1 N–H and O–H groups in total. The van der Waals surface area contributed by atoms with E-state index < -0.39 is 0 Å². The first-order valence-corrected chi connectivity index (χ1v) is 8.99. The molecule has 0 aliphatic heterocycles. The first-order chi connectivity index (χ1) is 11.6. The van der Waals surface area contributed by atoms with E-state index in [0.717, 1.165) is 34.0 Å². The number of anilines is 1. The van der Waals surface area contributed by atoms with Gasteiger partial charge >= 0.3 is 0 Å². The van der Waals surface area contributed by atoms with Crippen molar-refractivity contribution < 1.29 is 0 Å². The van der Waals surface area contributed by atoms with Crippen LogP contribution in [0, 0.1) is 0 Å². The molecule has 0 radical (unpaired) electrons. The highest BCUT2D eigenvalue weighted by atomic mass is 79.9. The predicted octanol–water partition coefficient (Wildman–Crippen LogP) is 2.72. The number of nitrogens with zero attached hydrogens (tertiary/aromatic N) is 6. The lowest BCUT2D eigenvalue weighted by atomic mass is 9.91. The molecule has 8 heteroatoms. The van der Waals surface area contributed by atoms with E-state index in [1.54, 1.807) is 6.33 Å². The van der Waals surface area contributed by atoms with Crippen LogP contribution in [0.2, 0.25) is 0 Å². The topological polar surface area (TPSA) is 71.2 Å². The summed E-state index contributed by atoms with van der Waals surface area (Å²) in [6.45, 7) is 0. The third kappa shape index (κ3) is 2.84. The Morgan fingerprint density at radius 2 is 2.00 bits per heavy atom. The molecule has 0 spiro atoms. The Morgan fingerprint density at radius 1 is 1.21 bits per heavy atom. The van der Waals surface area contributed by atoms with Gasteiger partial charge < -0.3 is 10.2 Å². The quantitative estimate of drug-likeness (QED) is 0.742. The molecule has 7 nitrogen and oxygen atoms in total. The Labute approximate surface area is 148 Å². The van der Waals surface area contributed by atoms with Crippen molar-refractivity contribution in [3.63, 3.8) is 0 Å². The van der Waals surface area contributed by atoms with Gasteiger partial charge in [0, 0.05) is 23.7 Å². The first-order valence-electron chi connectivity index (χ1n) is 8.20. The molecule has 3 aromatic rings. The lowest BCUT2D eigenvalue weighted by Crippen LogP contribution is -2.36. The first kappa shape index (κ1) is 15.7. The van der Waals surface area contributed by atoms with Gasteiger partial charge in [-0.25, -0.2) is 4.98 Å². The van der Waals surface area contributed by atoms with E-state index in [9.17, 15) is 0 Å². The number of fused-ring (bicyclic) bond motifs is 3. The van der Waals surface area contributed by atoms with Gasteiger partial charge in [0.05, 0.1) is 4.47 Å². The fraction of sp³-hybridized carbons (Fsp3) is 0.500. The monoisotopic (exact) mass is 389 g/mol. The SMILES string of the molecule is CN(C)C1CCC(Nc2ncc3cc(Br)c4nncn4c3n2)CC1. The zero-order chi connectivity index (χ0) is 16.7. The minimum atomic E-state index is 0.436. The summed E-state index contributed by atoms with van der Waals surface area (Å²) in [5, 5.41) is 12.6. The number of rotatable bonds is 3. The zero-order valence-electron chi connectivity index (χ0n) is 13.8. The lowest BCUT2D eigenvalue weighted by molar-refractivity contribution is 0.221. The highest BCUT2D eigenvalue weighted by molar-refractivity contribution is 9.10. The van der Waals surface area contributed by atoms with Gasteiger partial charge in [0.2, 0.25) is 5.95 Å². The second kappa shape index (κ2) is 6.25. The van der Waals surface area contributed by atoms with Gasteiger partial charge in [-0.05, 0) is 61.8 Å². The summed E-state index contributed by atoms with van der Waals surface area (Å²) >= 11 is 3.51. The van der Waals surface area contributed by atoms with Crippen molar-refractivity contribution >= 4 is 38.6 Å². The summed E-state index contributed by atoms with van der Waals surface area (Å²) in [6.07, 6.45) is 8.24. The van der Waals surface area contributed by atoms with Crippen molar-refractivity contribution in [1.82, 2.24) is 29.5 Å². The fourth-order valence-corrected chi connectivity index (χ4v) is 3.94. The Hall–Kier alpha value is -1.80. The van der Waals surface area contributed by atoms with Crippen LogP contribution in [0.1, 0.15) is 25.7 Å². The number of pyridine rings is 1. The van der Waals surface area contributed by atoms with Crippen LogP contribution < -0.4 is 5.32 Å². The molecule has 126 valence electrons. The summed E-state index contributed by atoms with van der Waals surface area (Å²) in [5.74, 6) is 0.674. The molecule has 0 saturated heterocycles. The number of nitrogens with one attached hydrogen (secondary N) is 1. The van der Waals surface area contributed by atoms with Gasteiger partial charge in [0.1, 0.15) is 6.33 Å². The van der Waals surface area contributed by atoms with Crippen molar-refractivity contribution in [2.24, 2.45) is 0 Å². The molecule has 0 amide bonds. The molecule has 1 aliphatic carbocycles. The molecular formula is C16H20BrN7. The summed E-state index contributed by atoms with van der Waals surface area (Å²) in [5.41, 5.74) is 1.58. The van der Waals surface area contributed by atoms with E-state index in [1.165, 1.54) is 12.8 Å². The summed E-state index contributed by atoms with van der Waals surface area (Å²) in [6, 6.07) is 3.10. The normalized spacial score (nSPS) is 21.7. The highest BCUT2D eigenvalue weighted by Gasteiger charge is 2.23. The van der Waals surface area contributed by atoms with Crippen LogP contribution in [-0.4, -0.2) is 55.6 Å². The average molecular weight is 390 g/mol. The number of hydrogen-bond acceptors (Lipinski definition) is 6. The van der Waals surface area contributed by atoms with E-state index in [4.69, 9.17) is 4.98 Å². The third-order valence-electron chi connectivity index (χ3n) is 4.83. The average Bonchev–Trinajstić information content (AvgIpc) is 3.07. The Bertz CT molecular complexity index is 867. The number of aromatic nitrogens is 5. The van der Waals surface area contributed by atoms with E-state index in [1.807, 2.05) is 16.7 Å². The van der Waals surface area contributed by atoms with Crippen LogP contribution in [0.5, 0.6) is 0 Å². The number of hydrogen-bond donors (Lipinski definition) is 1. The summed E-state index contributed by atoms with van der Waals surface area (Å²) in [4.78, 5) is 11.5. The van der Waals surface area contributed by atoms with Crippen molar-refractivity contribution in [3.05, 3.63) is 23.1 Å². The molecule has 4 rings (SSSR count). The minimum Gasteiger partial charge on any atom is -0.351 e. The van der Waals surface area contributed by atoms with Crippen molar-refractivity contribution in [3.8, 4) is 0 Å². The maximum Gasteiger partial charge on any atom is 0.224 e. The van der Waals surface area contributed by atoms with Crippen LogP contribution in [0.3, 0.4) is 0 Å². The Balaban J connectivity index is 1.58. The van der Waals surface area contributed by atoms with Gasteiger partial charge in [0.15, 0.2) is 11.3 Å². The van der Waals surface area contributed by atoms with Crippen LogP contribution in [0.4, 0.5) is 5.95 Å². The smallest absolute Gasteiger partial charge is 0.224 e. The van der Waals surface area contributed by atoms with Crippen molar-refractivity contribution in [1.29, 1.82) is 0 Å². The Kier molecular flexibility index (Phi) is 4.09. The molecule has 0 aromatic carbocycles. The second-order valence-corrected chi connectivity index (χ2v) is 7.46. The maximum absolute atomic E-state index is 4.69. The summed E-state index contributed by atoms with van der Waals surface area (Å²) in [7, 11) is 4.32. The molecule has 1 fully saturated rings. The van der Waals surface area contributed by atoms with E-state index >= 15 is 0 Å². The molecule has 24 heavy (non-hydrogen) atoms. The molecule has 1 aliphatic rings. The molecule has 0 unspecified atom stereocenters. The molecule has 0 bridgehead atoms. The van der Waals surface area contributed by atoms with Crippen molar-refractivity contribution in [2.45, 2.75) is 37.8 Å². The van der Waals surface area contributed by atoms with Gasteiger partial charge in [-0.2, -0.15) is 4.98 Å². The molecule has 1 saturated carbocycles. The third-order valence-corrected chi connectivity index (χ3v) is 5.41. The largest absolute Gasteiger partial charge is 0.351 e. The van der Waals surface area contributed by atoms with E-state index in [0.29, 0.717) is 18.0 Å². The van der Waals surface area contributed by atoms with Crippen LogP contribution in [0.25, 0.3) is 16.7 Å². The van der Waals surface area contributed by atoms with Gasteiger partial charge in [-0.15, -0.1) is 10.2 Å². The molecular weight excluding hydrogens is 370 g/mol. The lowest BCUT2D eigenvalue weighted by Gasteiger charge is -2.32. The zero-order valence-corrected chi connectivity index (χ0v) is 15.4. The number of halogens is 1. The van der Waals surface area contributed by atoms with Crippen molar-refractivity contribution in [2.75, 3.05) is 19.4 Å². The van der Waals surface area contributed by atoms with Crippen LogP contribution >= 0.6 is 15.9 Å². The van der Waals surface area contributed by atoms with Crippen LogP contribution in [0.15, 0.2) is 23.1 Å². The maximum atomic E-state index is 4.69.